The van der Waals surface area contributed by atoms with Crippen molar-refractivity contribution in [2.45, 2.75) is 42.9 Å². The fraction of sp³-hybridized carbons (Fsp3) is 0.471. The number of fused-ring (bicyclic) bond motifs is 1. The molecule has 0 spiro atoms. The second-order valence-electron chi connectivity index (χ2n) is 6.80. The van der Waals surface area contributed by atoms with Gasteiger partial charge in [0, 0.05) is 27.9 Å². The van der Waals surface area contributed by atoms with E-state index in [4.69, 9.17) is 10.5 Å². The summed E-state index contributed by atoms with van der Waals surface area (Å²) in [5.41, 5.74) is 5.42. The first-order valence-corrected chi connectivity index (χ1v) is 9.43. The van der Waals surface area contributed by atoms with E-state index in [1.54, 1.807) is 11.3 Å². The molecule has 0 bridgehead atoms. The average molecular weight is 351 g/mol. The number of nitrogens with two attached hydrogens (primary N) is 1. The van der Waals surface area contributed by atoms with E-state index in [0.717, 1.165) is 24.5 Å². The number of benzene rings is 1. The van der Waals surface area contributed by atoms with E-state index in [1.165, 1.54) is 15.0 Å². The summed E-state index contributed by atoms with van der Waals surface area (Å²) in [5, 5.41) is 2.45. The largest absolute Gasteiger partial charge is 0.444 e. The zero-order chi connectivity index (χ0) is 16.6. The highest BCUT2D eigenvalue weighted by Crippen LogP contribution is 2.35. The van der Waals surface area contributed by atoms with E-state index < -0.39 is 5.60 Å². The molecular formula is C17H22N2O2S2. The molecule has 1 aliphatic rings. The van der Waals surface area contributed by atoms with Crippen LogP contribution in [-0.4, -0.2) is 34.9 Å². The van der Waals surface area contributed by atoms with Gasteiger partial charge in [0.1, 0.15) is 5.60 Å². The van der Waals surface area contributed by atoms with E-state index in [2.05, 4.69) is 18.2 Å². The normalized spacial score (nSPS) is 18.6. The minimum Gasteiger partial charge on any atom is -0.444 e. The van der Waals surface area contributed by atoms with Crippen molar-refractivity contribution in [1.82, 2.24) is 4.90 Å². The molecule has 6 heteroatoms. The molecule has 2 heterocycles. The number of hydrogen-bond acceptors (Lipinski definition) is 5. The van der Waals surface area contributed by atoms with Gasteiger partial charge in [-0.15, -0.1) is 23.1 Å². The molecule has 124 valence electrons. The Morgan fingerprint density at radius 1 is 1.39 bits per heavy atom. The summed E-state index contributed by atoms with van der Waals surface area (Å²) < 4.78 is 6.66. The monoisotopic (exact) mass is 350 g/mol. The van der Waals surface area contributed by atoms with E-state index in [0.29, 0.717) is 5.25 Å². The summed E-state index contributed by atoms with van der Waals surface area (Å²) in [5.74, 6) is 0. The van der Waals surface area contributed by atoms with Crippen molar-refractivity contribution in [1.29, 1.82) is 0 Å². The summed E-state index contributed by atoms with van der Waals surface area (Å²) in [6.07, 6.45) is 0.788. The molecule has 1 atom stereocenters. The highest BCUT2D eigenvalue weighted by molar-refractivity contribution is 8.00. The van der Waals surface area contributed by atoms with Gasteiger partial charge in [-0.1, -0.05) is 6.07 Å². The van der Waals surface area contributed by atoms with Gasteiger partial charge in [-0.05, 0) is 50.8 Å². The molecule has 0 radical (unpaired) electrons. The van der Waals surface area contributed by atoms with E-state index in [9.17, 15) is 4.79 Å². The standard InChI is InChI=1S/C17H22N2O2S2/c1-17(2,3)21-16(20)19-7-6-13(10-19)22-12-5-4-11-8-15(18)23-14(11)9-12/h4-5,8-9,13H,6-7,10,18H2,1-3H3/t13-/m1/s1. The van der Waals surface area contributed by atoms with Gasteiger partial charge in [0.2, 0.25) is 0 Å². The number of carbonyl (C=O) groups excluding carboxylic acids is 1. The van der Waals surface area contributed by atoms with E-state index in [-0.39, 0.29) is 6.09 Å². The van der Waals surface area contributed by atoms with Crippen molar-refractivity contribution in [2.24, 2.45) is 0 Å². The van der Waals surface area contributed by atoms with Crippen molar-refractivity contribution < 1.29 is 9.53 Å². The fourth-order valence-corrected chi connectivity index (χ4v) is 4.75. The van der Waals surface area contributed by atoms with Crippen LogP contribution in [0.3, 0.4) is 0 Å². The highest BCUT2D eigenvalue weighted by atomic mass is 32.2. The molecule has 1 fully saturated rings. The first-order chi connectivity index (χ1) is 10.8. The average Bonchev–Trinajstić information content (AvgIpc) is 3.02. The Kier molecular flexibility index (Phi) is 4.47. The molecule has 1 aromatic heterocycles. The van der Waals surface area contributed by atoms with Crippen molar-refractivity contribution >= 4 is 44.3 Å². The van der Waals surface area contributed by atoms with Crippen molar-refractivity contribution in [3.8, 4) is 0 Å². The second-order valence-corrected chi connectivity index (χ2v) is 9.29. The Balaban J connectivity index is 1.61. The summed E-state index contributed by atoms with van der Waals surface area (Å²) in [6, 6.07) is 8.45. The van der Waals surface area contributed by atoms with Crippen LogP contribution in [0.1, 0.15) is 27.2 Å². The van der Waals surface area contributed by atoms with Gasteiger partial charge in [-0.3, -0.25) is 0 Å². The van der Waals surface area contributed by atoms with Gasteiger partial charge in [-0.2, -0.15) is 0 Å². The molecule has 1 amide bonds. The van der Waals surface area contributed by atoms with Crippen molar-refractivity contribution in [3.05, 3.63) is 24.3 Å². The molecule has 2 aromatic rings. The Morgan fingerprint density at radius 3 is 2.91 bits per heavy atom. The molecule has 23 heavy (non-hydrogen) atoms. The third kappa shape index (κ3) is 4.12. The quantitative estimate of drug-likeness (QED) is 0.861. The Hall–Kier alpha value is -1.40. The van der Waals surface area contributed by atoms with Crippen LogP contribution in [0.2, 0.25) is 0 Å². The lowest BCUT2D eigenvalue weighted by Crippen LogP contribution is -2.35. The number of thiophene rings is 1. The fourth-order valence-electron chi connectivity index (χ4n) is 2.61. The molecule has 1 aromatic carbocycles. The van der Waals surface area contributed by atoms with Crippen molar-refractivity contribution in [2.75, 3.05) is 18.8 Å². The van der Waals surface area contributed by atoms with Crippen LogP contribution < -0.4 is 5.73 Å². The van der Waals surface area contributed by atoms with Crippen LogP contribution in [-0.2, 0) is 4.74 Å². The molecule has 4 nitrogen and oxygen atoms in total. The maximum atomic E-state index is 12.1. The predicted molar refractivity (Wildman–Crippen MR) is 98.3 cm³/mol. The maximum absolute atomic E-state index is 12.1. The number of carbonyl (C=O) groups is 1. The first-order valence-electron chi connectivity index (χ1n) is 7.74. The molecule has 3 rings (SSSR count). The zero-order valence-corrected chi connectivity index (χ0v) is 15.3. The van der Waals surface area contributed by atoms with E-state index >= 15 is 0 Å². The molecule has 1 aliphatic heterocycles. The van der Waals surface area contributed by atoms with E-state index in [1.807, 2.05) is 43.5 Å². The lowest BCUT2D eigenvalue weighted by atomic mass is 10.2. The molecule has 0 unspecified atom stereocenters. The summed E-state index contributed by atoms with van der Waals surface area (Å²) in [6.45, 7) is 7.20. The molecule has 0 saturated carbocycles. The molecule has 1 saturated heterocycles. The van der Waals surface area contributed by atoms with Gasteiger partial charge >= 0.3 is 6.09 Å². The molecule has 0 aliphatic carbocycles. The first kappa shape index (κ1) is 16.5. The number of nitrogens with zero attached hydrogens (tertiary/aromatic N) is 1. The molecule has 2 N–H and O–H groups in total. The number of ether oxygens (including phenoxy) is 1. The Morgan fingerprint density at radius 2 is 2.17 bits per heavy atom. The second kappa shape index (κ2) is 6.24. The molecular weight excluding hydrogens is 328 g/mol. The van der Waals surface area contributed by atoms with Gasteiger partial charge in [0.05, 0.1) is 5.00 Å². The van der Waals surface area contributed by atoms with Crippen LogP contribution in [0.5, 0.6) is 0 Å². The summed E-state index contributed by atoms with van der Waals surface area (Å²) >= 11 is 3.45. The van der Waals surface area contributed by atoms with Gasteiger partial charge in [-0.25, -0.2) is 4.79 Å². The van der Waals surface area contributed by atoms with Crippen LogP contribution >= 0.6 is 23.1 Å². The summed E-state index contributed by atoms with van der Waals surface area (Å²) in [7, 11) is 0. The van der Waals surface area contributed by atoms with Crippen LogP contribution in [0, 0.1) is 0 Å². The van der Waals surface area contributed by atoms with Crippen LogP contribution in [0.4, 0.5) is 9.80 Å². The van der Waals surface area contributed by atoms with Gasteiger partial charge in [0.25, 0.3) is 0 Å². The minimum absolute atomic E-state index is 0.206. The van der Waals surface area contributed by atoms with Crippen molar-refractivity contribution in [3.63, 3.8) is 0 Å². The summed E-state index contributed by atoms with van der Waals surface area (Å²) in [4.78, 5) is 15.2. The lowest BCUT2D eigenvalue weighted by Gasteiger charge is -2.24. The SMILES string of the molecule is CC(C)(C)OC(=O)N1CC[C@@H](Sc2ccc3cc(N)sc3c2)C1. The number of hydrogen-bond donors (Lipinski definition) is 1. The van der Waals surface area contributed by atoms with Crippen LogP contribution in [0.25, 0.3) is 10.1 Å². The predicted octanol–water partition coefficient (Wildman–Crippen LogP) is 4.59. The highest BCUT2D eigenvalue weighted by Gasteiger charge is 2.30. The zero-order valence-electron chi connectivity index (χ0n) is 13.7. The minimum atomic E-state index is -0.438. The number of thioether (sulfide) groups is 1. The Labute approximate surface area is 145 Å². The number of anilines is 1. The smallest absolute Gasteiger partial charge is 0.410 e. The number of rotatable bonds is 2. The Bertz CT molecular complexity index is 721. The third-order valence-electron chi connectivity index (χ3n) is 3.61. The lowest BCUT2D eigenvalue weighted by molar-refractivity contribution is 0.0295. The topological polar surface area (TPSA) is 55.6 Å². The number of amides is 1. The van der Waals surface area contributed by atoms with Gasteiger partial charge < -0.3 is 15.4 Å². The maximum Gasteiger partial charge on any atom is 0.410 e. The van der Waals surface area contributed by atoms with Crippen LogP contribution in [0.15, 0.2) is 29.2 Å². The van der Waals surface area contributed by atoms with Gasteiger partial charge in [0.15, 0.2) is 0 Å². The third-order valence-corrected chi connectivity index (χ3v) is 5.78. The number of likely N-dealkylation sites (tertiary alicyclic amines) is 1. The number of nitrogen functional groups attached to an aromatic ring is 1.